The summed E-state index contributed by atoms with van der Waals surface area (Å²) in [5.74, 6) is -3.99. The monoisotopic (exact) mass is 448 g/mol. The van der Waals surface area contributed by atoms with Crippen LogP contribution in [0.25, 0.3) is 0 Å². The highest BCUT2D eigenvalue weighted by Crippen LogP contribution is 2.59. The normalized spacial score (nSPS) is 32.1. The summed E-state index contributed by atoms with van der Waals surface area (Å²) in [7, 11) is 0. The highest BCUT2D eigenvalue weighted by Gasteiger charge is 2.75. The zero-order valence-corrected chi connectivity index (χ0v) is 17.9. The highest BCUT2D eigenvalue weighted by atomic mass is 35.5. The van der Waals surface area contributed by atoms with E-state index in [-0.39, 0.29) is 13.2 Å². The first-order valence-electron chi connectivity index (χ1n) is 10.3. The number of para-hydroxylation sites is 1. The molecular formula is C22H25ClN2O6. The van der Waals surface area contributed by atoms with Crippen LogP contribution in [-0.2, 0) is 19.1 Å². The molecule has 2 bridgehead atoms. The third-order valence-corrected chi connectivity index (χ3v) is 7.04. The van der Waals surface area contributed by atoms with E-state index in [0.717, 1.165) is 0 Å². The Bertz CT molecular complexity index is 938. The maximum atomic E-state index is 14.0. The smallest absolute Gasteiger partial charge is 0.310 e. The predicted molar refractivity (Wildman–Crippen MR) is 113 cm³/mol. The van der Waals surface area contributed by atoms with E-state index in [2.05, 4.69) is 6.58 Å². The maximum Gasteiger partial charge on any atom is 0.310 e. The summed E-state index contributed by atoms with van der Waals surface area (Å²) in [6.45, 7) is 5.13. The van der Waals surface area contributed by atoms with E-state index in [4.69, 9.17) is 16.3 Å². The first-order chi connectivity index (χ1) is 14.8. The van der Waals surface area contributed by atoms with Gasteiger partial charge in [0.1, 0.15) is 11.6 Å². The molecule has 9 heteroatoms. The lowest BCUT2D eigenvalue weighted by molar-refractivity contribution is -0.150. The highest BCUT2D eigenvalue weighted by molar-refractivity contribution is 6.34. The molecular weight excluding hydrogens is 424 g/mol. The topological polar surface area (TPSA) is 107 Å². The summed E-state index contributed by atoms with van der Waals surface area (Å²) < 4.78 is 6.15. The standard InChI is InChI=1S/C22H25ClN2O6/c1-3-10-24(14-7-5-4-6-13(14)23)20(28)18-22-9-8-15(31-22)16(21(29)30)17(22)19(27)25(18)12(2)11-26/h3-7,12,15-18,26H,1,8-11H2,2H3,(H,29,30)/t12-,15+,16-,17+,18?,22?/m1/s1. The minimum absolute atomic E-state index is 0.140. The van der Waals surface area contributed by atoms with Gasteiger partial charge in [0.2, 0.25) is 5.91 Å². The quantitative estimate of drug-likeness (QED) is 0.615. The van der Waals surface area contributed by atoms with E-state index in [0.29, 0.717) is 23.6 Å². The molecule has 3 fully saturated rings. The van der Waals surface area contributed by atoms with Crippen LogP contribution < -0.4 is 4.90 Å². The molecule has 2 amide bonds. The molecule has 8 nitrogen and oxygen atoms in total. The minimum atomic E-state index is -1.24. The molecule has 0 aliphatic carbocycles. The molecule has 3 heterocycles. The second-order valence-corrected chi connectivity index (χ2v) is 8.77. The average molecular weight is 449 g/mol. The lowest BCUT2D eigenvalue weighted by Gasteiger charge is -2.38. The summed E-state index contributed by atoms with van der Waals surface area (Å²) in [6.07, 6.45) is 1.80. The Balaban J connectivity index is 1.83. The van der Waals surface area contributed by atoms with Crippen LogP contribution in [-0.4, -0.2) is 69.8 Å². The van der Waals surface area contributed by atoms with Gasteiger partial charge in [-0.3, -0.25) is 14.4 Å². The number of nitrogens with zero attached hydrogens (tertiary/aromatic N) is 2. The summed E-state index contributed by atoms with van der Waals surface area (Å²) >= 11 is 6.36. The number of benzene rings is 1. The van der Waals surface area contributed by atoms with Gasteiger partial charge in [0.15, 0.2) is 0 Å². The van der Waals surface area contributed by atoms with E-state index >= 15 is 0 Å². The number of halogens is 1. The SMILES string of the molecule is C=CCN(C(=O)C1N([C@H](C)CO)C(=O)[C@@H]2[C@H](C(=O)O)[C@@H]3CCC12O3)c1ccccc1Cl. The summed E-state index contributed by atoms with van der Waals surface area (Å²) in [5.41, 5.74) is -0.785. The lowest BCUT2D eigenvalue weighted by Crippen LogP contribution is -2.58. The van der Waals surface area contributed by atoms with Gasteiger partial charge in [-0.15, -0.1) is 6.58 Å². The molecule has 1 aromatic rings. The number of amides is 2. The lowest BCUT2D eigenvalue weighted by atomic mass is 9.70. The number of aliphatic hydroxyl groups is 1. The van der Waals surface area contributed by atoms with Crippen LogP contribution in [0.1, 0.15) is 19.8 Å². The molecule has 2 unspecified atom stereocenters. The molecule has 166 valence electrons. The number of ether oxygens (including phenoxy) is 1. The Morgan fingerprint density at radius 1 is 1.45 bits per heavy atom. The van der Waals surface area contributed by atoms with Crippen LogP contribution in [0.5, 0.6) is 0 Å². The van der Waals surface area contributed by atoms with Crippen LogP contribution in [0, 0.1) is 11.8 Å². The van der Waals surface area contributed by atoms with Crippen molar-refractivity contribution in [3.8, 4) is 0 Å². The molecule has 1 aromatic carbocycles. The number of carbonyl (C=O) groups excluding carboxylic acids is 2. The summed E-state index contributed by atoms with van der Waals surface area (Å²) in [5, 5.41) is 20.0. The van der Waals surface area contributed by atoms with Crippen molar-refractivity contribution >= 4 is 35.1 Å². The number of fused-ring (bicyclic) bond motifs is 1. The Labute approximate surface area is 185 Å². The van der Waals surface area contributed by atoms with E-state index < -0.39 is 53.4 Å². The van der Waals surface area contributed by atoms with E-state index in [9.17, 15) is 24.6 Å². The maximum absolute atomic E-state index is 14.0. The van der Waals surface area contributed by atoms with Crippen molar-refractivity contribution in [3.05, 3.63) is 41.9 Å². The van der Waals surface area contributed by atoms with Crippen molar-refractivity contribution in [2.75, 3.05) is 18.1 Å². The van der Waals surface area contributed by atoms with Crippen LogP contribution in [0.3, 0.4) is 0 Å². The average Bonchev–Trinajstić information content (AvgIpc) is 3.39. The number of carbonyl (C=O) groups is 3. The van der Waals surface area contributed by atoms with Gasteiger partial charge in [-0.05, 0) is 31.9 Å². The number of rotatable bonds is 7. The molecule has 0 aromatic heterocycles. The van der Waals surface area contributed by atoms with E-state index in [1.54, 1.807) is 37.3 Å². The van der Waals surface area contributed by atoms with Gasteiger partial charge in [-0.25, -0.2) is 0 Å². The summed E-state index contributed by atoms with van der Waals surface area (Å²) in [4.78, 5) is 42.2. The number of anilines is 1. The molecule has 2 N–H and O–H groups in total. The molecule has 4 rings (SSSR count). The van der Waals surface area contributed by atoms with Gasteiger partial charge in [-0.1, -0.05) is 29.8 Å². The third kappa shape index (κ3) is 3.08. The van der Waals surface area contributed by atoms with Crippen LogP contribution >= 0.6 is 11.6 Å². The molecule has 0 radical (unpaired) electrons. The first kappa shape index (κ1) is 21.8. The van der Waals surface area contributed by atoms with Crippen molar-refractivity contribution < 1.29 is 29.3 Å². The van der Waals surface area contributed by atoms with Crippen molar-refractivity contribution in [1.29, 1.82) is 0 Å². The number of aliphatic carboxylic acids is 1. The van der Waals surface area contributed by atoms with Gasteiger partial charge in [0, 0.05) is 6.54 Å². The molecule has 3 aliphatic heterocycles. The second kappa shape index (κ2) is 7.93. The van der Waals surface area contributed by atoms with Gasteiger partial charge in [0.25, 0.3) is 5.91 Å². The second-order valence-electron chi connectivity index (χ2n) is 8.36. The summed E-state index contributed by atoms with van der Waals surface area (Å²) in [6, 6.07) is 5.09. The van der Waals surface area contributed by atoms with Crippen molar-refractivity contribution in [3.63, 3.8) is 0 Å². The fourth-order valence-electron chi connectivity index (χ4n) is 5.47. The van der Waals surface area contributed by atoms with E-state index in [1.807, 2.05) is 0 Å². The van der Waals surface area contributed by atoms with Crippen LogP contribution in [0.15, 0.2) is 36.9 Å². The largest absolute Gasteiger partial charge is 0.481 e. The Hall–Kier alpha value is -2.42. The number of carboxylic acid groups (broad SMARTS) is 1. The van der Waals surface area contributed by atoms with Gasteiger partial charge in [0.05, 0.1) is 41.3 Å². The van der Waals surface area contributed by atoms with Gasteiger partial charge in [-0.2, -0.15) is 0 Å². The Kier molecular flexibility index (Phi) is 5.57. The van der Waals surface area contributed by atoms with Gasteiger partial charge >= 0.3 is 5.97 Å². The third-order valence-electron chi connectivity index (χ3n) is 6.72. The van der Waals surface area contributed by atoms with Crippen molar-refractivity contribution in [2.45, 2.75) is 43.6 Å². The Morgan fingerprint density at radius 2 is 2.16 bits per heavy atom. The fraction of sp³-hybridized carbons (Fsp3) is 0.500. The number of hydrogen-bond donors (Lipinski definition) is 2. The number of hydrogen-bond acceptors (Lipinski definition) is 5. The number of aliphatic hydroxyl groups excluding tert-OH is 1. The van der Waals surface area contributed by atoms with Crippen molar-refractivity contribution in [2.24, 2.45) is 11.8 Å². The zero-order chi connectivity index (χ0) is 22.5. The molecule has 6 atom stereocenters. The molecule has 3 aliphatic rings. The molecule has 31 heavy (non-hydrogen) atoms. The molecule has 3 saturated heterocycles. The number of carboxylic acids is 1. The molecule has 0 saturated carbocycles. The minimum Gasteiger partial charge on any atom is -0.481 e. The fourth-order valence-corrected chi connectivity index (χ4v) is 5.71. The molecule has 1 spiro atoms. The Morgan fingerprint density at radius 3 is 2.77 bits per heavy atom. The van der Waals surface area contributed by atoms with Crippen molar-refractivity contribution in [1.82, 2.24) is 4.90 Å². The van der Waals surface area contributed by atoms with E-state index in [1.165, 1.54) is 9.80 Å². The van der Waals surface area contributed by atoms with Crippen LogP contribution in [0.2, 0.25) is 5.02 Å². The number of likely N-dealkylation sites (tertiary alicyclic amines) is 1. The van der Waals surface area contributed by atoms with Crippen LogP contribution in [0.4, 0.5) is 5.69 Å². The van der Waals surface area contributed by atoms with Gasteiger partial charge < -0.3 is 24.7 Å². The predicted octanol–water partition coefficient (Wildman–Crippen LogP) is 1.70. The zero-order valence-electron chi connectivity index (χ0n) is 17.1. The first-order valence-corrected chi connectivity index (χ1v) is 10.7.